The Morgan fingerprint density at radius 1 is 1.00 bits per heavy atom. The zero-order valence-corrected chi connectivity index (χ0v) is 10.9. The van der Waals surface area contributed by atoms with E-state index in [-0.39, 0.29) is 31.7 Å². The maximum absolute atomic E-state index is 13.0. The Balaban J connectivity index is 1.98. The van der Waals surface area contributed by atoms with Crippen LogP contribution in [0.2, 0.25) is 0 Å². The molecule has 0 saturated carbocycles. The van der Waals surface area contributed by atoms with Crippen LogP contribution in [0.4, 0.5) is 17.6 Å². The van der Waals surface area contributed by atoms with E-state index < -0.39 is 23.8 Å². The third-order valence-corrected chi connectivity index (χ3v) is 3.17. The minimum Gasteiger partial charge on any atom is -0.335 e. The summed E-state index contributed by atoms with van der Waals surface area (Å²) in [6.45, 7) is -0.423. The van der Waals surface area contributed by atoms with E-state index in [2.05, 4.69) is 0 Å². The van der Waals surface area contributed by atoms with Crippen LogP contribution in [0.3, 0.4) is 0 Å². The molecule has 1 fully saturated rings. The van der Waals surface area contributed by atoms with E-state index in [0.717, 1.165) is 6.07 Å². The summed E-state index contributed by atoms with van der Waals surface area (Å²) in [6.07, 6.45) is -4.91. The Morgan fingerprint density at radius 2 is 1.57 bits per heavy atom. The van der Waals surface area contributed by atoms with Crippen molar-refractivity contribution in [1.82, 2.24) is 9.80 Å². The molecule has 1 aromatic rings. The van der Waals surface area contributed by atoms with Crippen molar-refractivity contribution in [2.24, 2.45) is 0 Å². The third kappa shape index (κ3) is 3.50. The summed E-state index contributed by atoms with van der Waals surface area (Å²) in [5, 5.41) is 0. The predicted octanol–water partition coefficient (Wildman–Crippen LogP) is 1.67. The molecule has 0 bridgehead atoms. The monoisotopic (exact) mass is 304 g/mol. The van der Waals surface area contributed by atoms with Crippen molar-refractivity contribution in [2.75, 3.05) is 26.2 Å². The van der Waals surface area contributed by atoms with Gasteiger partial charge in [-0.2, -0.15) is 13.2 Å². The molecule has 1 saturated heterocycles. The number of carbonyl (C=O) groups excluding carboxylic acids is 2. The molecule has 0 radical (unpaired) electrons. The maximum atomic E-state index is 13.0. The van der Waals surface area contributed by atoms with E-state index in [1.807, 2.05) is 0 Å². The third-order valence-electron chi connectivity index (χ3n) is 3.17. The molecular formula is C13H12F4N2O2. The molecule has 2 amide bonds. The molecule has 0 aromatic heterocycles. The number of amides is 2. The molecule has 1 aliphatic heterocycles. The van der Waals surface area contributed by atoms with Gasteiger partial charge in [-0.25, -0.2) is 4.39 Å². The van der Waals surface area contributed by atoms with Crippen molar-refractivity contribution >= 4 is 11.8 Å². The zero-order chi connectivity index (χ0) is 15.6. The largest absolute Gasteiger partial charge is 0.471 e. The van der Waals surface area contributed by atoms with Crippen LogP contribution in [0.25, 0.3) is 0 Å². The minimum absolute atomic E-state index is 0.0167. The first kappa shape index (κ1) is 15.3. The first-order valence-electron chi connectivity index (χ1n) is 6.20. The van der Waals surface area contributed by atoms with Gasteiger partial charge in [-0.3, -0.25) is 9.59 Å². The van der Waals surface area contributed by atoms with Crippen molar-refractivity contribution in [3.05, 3.63) is 35.6 Å². The first-order valence-corrected chi connectivity index (χ1v) is 6.20. The van der Waals surface area contributed by atoms with Gasteiger partial charge in [0.25, 0.3) is 5.91 Å². The number of halogens is 4. The van der Waals surface area contributed by atoms with Gasteiger partial charge in [0.2, 0.25) is 0 Å². The summed E-state index contributed by atoms with van der Waals surface area (Å²) < 4.78 is 49.9. The summed E-state index contributed by atoms with van der Waals surface area (Å²) in [7, 11) is 0. The van der Waals surface area contributed by atoms with Gasteiger partial charge in [-0.05, 0) is 18.2 Å². The van der Waals surface area contributed by atoms with Crippen LogP contribution in [0.5, 0.6) is 0 Å². The second-order valence-corrected chi connectivity index (χ2v) is 4.59. The van der Waals surface area contributed by atoms with Crippen LogP contribution in [0, 0.1) is 5.82 Å². The van der Waals surface area contributed by atoms with Crippen molar-refractivity contribution in [1.29, 1.82) is 0 Å². The summed E-state index contributed by atoms with van der Waals surface area (Å²) in [5.74, 6) is -2.93. The number of piperazine rings is 1. The Labute approximate surface area is 117 Å². The van der Waals surface area contributed by atoms with Crippen LogP contribution in [-0.4, -0.2) is 54.0 Å². The molecule has 0 spiro atoms. The van der Waals surface area contributed by atoms with E-state index in [4.69, 9.17) is 0 Å². The highest BCUT2D eigenvalue weighted by molar-refractivity contribution is 5.94. The van der Waals surface area contributed by atoms with Crippen LogP contribution < -0.4 is 0 Å². The fourth-order valence-electron chi connectivity index (χ4n) is 2.10. The van der Waals surface area contributed by atoms with Gasteiger partial charge in [-0.15, -0.1) is 0 Å². The van der Waals surface area contributed by atoms with Gasteiger partial charge in [0.15, 0.2) is 0 Å². The zero-order valence-electron chi connectivity index (χ0n) is 10.9. The Hall–Kier alpha value is -2.12. The van der Waals surface area contributed by atoms with Gasteiger partial charge < -0.3 is 9.80 Å². The van der Waals surface area contributed by atoms with Crippen LogP contribution in [0.15, 0.2) is 24.3 Å². The van der Waals surface area contributed by atoms with Gasteiger partial charge in [-0.1, -0.05) is 6.07 Å². The smallest absolute Gasteiger partial charge is 0.335 e. The molecular weight excluding hydrogens is 292 g/mol. The van der Waals surface area contributed by atoms with Crippen LogP contribution >= 0.6 is 0 Å². The highest BCUT2D eigenvalue weighted by atomic mass is 19.4. The first-order chi connectivity index (χ1) is 9.79. The summed E-state index contributed by atoms with van der Waals surface area (Å²) in [6, 6.07) is 5.07. The maximum Gasteiger partial charge on any atom is 0.471 e. The van der Waals surface area contributed by atoms with E-state index in [0.29, 0.717) is 4.90 Å². The fraction of sp³-hybridized carbons (Fsp3) is 0.385. The molecule has 2 rings (SSSR count). The van der Waals surface area contributed by atoms with Gasteiger partial charge >= 0.3 is 12.1 Å². The highest BCUT2D eigenvalue weighted by Gasteiger charge is 2.43. The number of rotatable bonds is 1. The molecule has 1 aliphatic rings. The van der Waals surface area contributed by atoms with Crippen LogP contribution in [-0.2, 0) is 4.79 Å². The number of nitrogens with zero attached hydrogens (tertiary/aromatic N) is 2. The number of carbonyl (C=O) groups is 2. The van der Waals surface area contributed by atoms with Crippen molar-refractivity contribution in [3.63, 3.8) is 0 Å². The molecule has 0 aliphatic carbocycles. The lowest BCUT2D eigenvalue weighted by Crippen LogP contribution is -2.53. The topological polar surface area (TPSA) is 40.6 Å². The molecule has 114 valence electrons. The second kappa shape index (κ2) is 5.71. The quantitative estimate of drug-likeness (QED) is 0.741. The fourth-order valence-corrected chi connectivity index (χ4v) is 2.10. The number of hydrogen-bond donors (Lipinski definition) is 0. The molecule has 0 unspecified atom stereocenters. The number of benzene rings is 1. The Kier molecular flexibility index (Phi) is 4.15. The Bertz CT molecular complexity index is 551. The molecule has 0 N–H and O–H groups in total. The average molecular weight is 304 g/mol. The van der Waals surface area contributed by atoms with E-state index >= 15 is 0 Å². The van der Waals surface area contributed by atoms with Crippen molar-refractivity contribution in [2.45, 2.75) is 6.18 Å². The highest BCUT2D eigenvalue weighted by Crippen LogP contribution is 2.20. The molecule has 21 heavy (non-hydrogen) atoms. The average Bonchev–Trinajstić information content (AvgIpc) is 2.45. The minimum atomic E-state index is -4.91. The van der Waals surface area contributed by atoms with Crippen LogP contribution in [0.1, 0.15) is 10.4 Å². The molecule has 0 atom stereocenters. The lowest BCUT2D eigenvalue weighted by molar-refractivity contribution is -0.186. The summed E-state index contributed by atoms with van der Waals surface area (Å²) in [4.78, 5) is 25.1. The normalized spacial score (nSPS) is 16.0. The molecule has 4 nitrogen and oxygen atoms in total. The van der Waals surface area contributed by atoms with Gasteiger partial charge in [0.05, 0.1) is 0 Å². The number of hydrogen-bond acceptors (Lipinski definition) is 2. The lowest BCUT2D eigenvalue weighted by Gasteiger charge is -2.35. The van der Waals surface area contributed by atoms with Crippen molar-refractivity contribution < 1.29 is 27.2 Å². The molecule has 1 heterocycles. The van der Waals surface area contributed by atoms with Gasteiger partial charge in [0, 0.05) is 31.7 Å². The Morgan fingerprint density at radius 3 is 2.10 bits per heavy atom. The standard InChI is InChI=1S/C13H12F4N2O2/c14-10-3-1-2-9(8-10)11(20)18-4-6-19(7-5-18)12(21)13(15,16)17/h1-3,8H,4-7H2. The summed E-state index contributed by atoms with van der Waals surface area (Å²) in [5.41, 5.74) is 0.130. The van der Waals surface area contributed by atoms with E-state index in [1.165, 1.54) is 23.1 Å². The van der Waals surface area contributed by atoms with E-state index in [1.54, 1.807) is 0 Å². The number of alkyl halides is 3. The molecule has 8 heteroatoms. The summed E-state index contributed by atoms with van der Waals surface area (Å²) >= 11 is 0. The predicted molar refractivity (Wildman–Crippen MR) is 64.9 cm³/mol. The SMILES string of the molecule is O=C(c1cccc(F)c1)N1CCN(C(=O)C(F)(F)F)CC1. The van der Waals surface area contributed by atoms with Gasteiger partial charge in [0.1, 0.15) is 5.82 Å². The lowest BCUT2D eigenvalue weighted by atomic mass is 10.1. The van der Waals surface area contributed by atoms with Crippen molar-refractivity contribution in [3.8, 4) is 0 Å². The second-order valence-electron chi connectivity index (χ2n) is 4.59. The van der Waals surface area contributed by atoms with E-state index in [9.17, 15) is 27.2 Å². The molecule has 1 aromatic carbocycles.